The molecular formula is C48H57F2N9O8S. The van der Waals surface area contributed by atoms with Crippen molar-refractivity contribution >= 4 is 47.1 Å². The Balaban J connectivity index is 1.10. The van der Waals surface area contributed by atoms with E-state index in [2.05, 4.69) is 21.3 Å². The van der Waals surface area contributed by atoms with Crippen molar-refractivity contribution in [2.24, 2.45) is 17.4 Å². The molecule has 0 bridgehead atoms. The van der Waals surface area contributed by atoms with Gasteiger partial charge in [-0.05, 0) is 79.1 Å². The average molecular weight is 958 g/mol. The lowest BCUT2D eigenvalue weighted by atomic mass is 9.93. The van der Waals surface area contributed by atoms with E-state index in [1.54, 1.807) is 53.8 Å². The van der Waals surface area contributed by atoms with Gasteiger partial charge in [-0.3, -0.25) is 33.7 Å². The molecule has 1 fully saturated rings. The van der Waals surface area contributed by atoms with Gasteiger partial charge in [-0.2, -0.15) is 0 Å². The van der Waals surface area contributed by atoms with E-state index >= 15 is 4.39 Å². The number of rotatable bonds is 19. The Morgan fingerprint density at radius 1 is 0.926 bits per heavy atom. The number of aromatic nitrogens is 1. The van der Waals surface area contributed by atoms with Crippen molar-refractivity contribution in [3.63, 3.8) is 0 Å². The predicted molar refractivity (Wildman–Crippen MR) is 251 cm³/mol. The first-order valence-electron chi connectivity index (χ1n) is 22.7. The number of unbranched alkanes of at least 4 members (excludes halogenated alkanes) is 2. The summed E-state index contributed by atoms with van der Waals surface area (Å²) in [5, 5.41) is 12.7. The Hall–Kier alpha value is -6.51. The van der Waals surface area contributed by atoms with Crippen molar-refractivity contribution in [3.8, 4) is 5.75 Å². The maximum absolute atomic E-state index is 15.6. The van der Waals surface area contributed by atoms with Crippen LogP contribution in [0.25, 0.3) is 0 Å². The zero-order chi connectivity index (χ0) is 48.5. The van der Waals surface area contributed by atoms with Crippen LogP contribution >= 0.6 is 11.8 Å². The first-order chi connectivity index (χ1) is 32.8. The first kappa shape index (κ1) is 49.4. The minimum Gasteiger partial charge on any atom is -0.482 e. The number of primary amides is 1. The monoisotopic (exact) mass is 957 g/mol. The van der Waals surface area contributed by atoms with Crippen molar-refractivity contribution in [3.05, 3.63) is 123 Å². The molecule has 0 spiro atoms. The number of carbonyl (C=O) groups is 5. The van der Waals surface area contributed by atoms with Gasteiger partial charge in [0.05, 0.1) is 19.3 Å². The maximum atomic E-state index is 15.6. The highest BCUT2D eigenvalue weighted by Crippen LogP contribution is 2.45. The molecule has 3 aliphatic rings. The van der Waals surface area contributed by atoms with Gasteiger partial charge in [-0.25, -0.2) is 13.6 Å². The first-order valence-corrected chi connectivity index (χ1v) is 23.7. The molecule has 20 heteroatoms. The molecule has 4 heterocycles. The summed E-state index contributed by atoms with van der Waals surface area (Å²) in [5.41, 5.74) is 12.6. The number of anilines is 1. The van der Waals surface area contributed by atoms with E-state index < -0.39 is 65.1 Å². The van der Waals surface area contributed by atoms with Gasteiger partial charge in [-0.1, -0.05) is 56.7 Å². The van der Waals surface area contributed by atoms with E-state index in [-0.39, 0.29) is 80.3 Å². The van der Waals surface area contributed by atoms with Crippen LogP contribution in [0.2, 0.25) is 0 Å². The molecule has 3 aliphatic heterocycles. The van der Waals surface area contributed by atoms with E-state index in [4.69, 9.17) is 20.9 Å². The van der Waals surface area contributed by atoms with Gasteiger partial charge in [0.2, 0.25) is 23.2 Å². The number of hydrogen-bond donors (Lipinski definition) is 6. The number of hydrogen-bond acceptors (Lipinski definition) is 11. The molecule has 6 amide bonds. The summed E-state index contributed by atoms with van der Waals surface area (Å²) in [5.74, 6) is -4.09. The highest BCUT2D eigenvalue weighted by atomic mass is 32.2. The molecule has 0 radical (unpaired) electrons. The summed E-state index contributed by atoms with van der Waals surface area (Å²) in [6, 6.07) is 14.7. The van der Waals surface area contributed by atoms with Crippen molar-refractivity contribution in [2.75, 3.05) is 43.2 Å². The minimum atomic E-state index is -1.05. The van der Waals surface area contributed by atoms with Crippen LogP contribution in [0.5, 0.6) is 5.75 Å². The second-order valence-corrected chi connectivity index (χ2v) is 18.2. The Bertz CT molecular complexity index is 2560. The number of thioether (sulfide) groups is 1. The standard InChI is InChI=1S/C48H57F2N9O8S/c1-28(2)41(56-38(61)12-4-3-7-20-51)46(63)55-35(10-8-21-53-48(52)65)45(62)54-30-15-13-29(14-16-30)25-67-44-36(60)19-22-58-43(44)47(64)57-23-24-66-26-39(57)59(58)42-31-17-18-34(49)40(50)33(31)27-68-37-11-6-5-9-32(37)42/h5-6,9,11,13-19,22,28,35,39,41-42H,3-4,7-8,10,12,20-21,23-27,51H2,1-2H3,(H,54,62)(H,55,63)(H,56,61)(H3,52,53,65)/t35-,39+,41-,42-/m0/s1. The topological polar surface area (TPSA) is 232 Å². The smallest absolute Gasteiger partial charge is 0.312 e. The number of amides is 6. The zero-order valence-electron chi connectivity index (χ0n) is 37.9. The van der Waals surface area contributed by atoms with Crippen LogP contribution in [0.4, 0.5) is 19.3 Å². The number of nitrogens with two attached hydrogens (primary N) is 2. The highest BCUT2D eigenvalue weighted by molar-refractivity contribution is 7.98. The largest absolute Gasteiger partial charge is 0.482 e. The van der Waals surface area contributed by atoms with Crippen molar-refractivity contribution in [2.45, 2.75) is 93.9 Å². The van der Waals surface area contributed by atoms with Crippen LogP contribution in [0.15, 0.2) is 82.6 Å². The number of carbonyl (C=O) groups excluding carboxylic acids is 5. The Labute approximate surface area is 396 Å². The van der Waals surface area contributed by atoms with Gasteiger partial charge in [0.25, 0.3) is 5.91 Å². The van der Waals surface area contributed by atoms with E-state index in [0.29, 0.717) is 36.2 Å². The lowest BCUT2D eigenvalue weighted by Gasteiger charge is -2.51. The molecule has 362 valence electrons. The van der Waals surface area contributed by atoms with Gasteiger partial charge >= 0.3 is 6.03 Å². The van der Waals surface area contributed by atoms with Crippen LogP contribution in [-0.4, -0.2) is 90.3 Å². The molecule has 7 rings (SSSR count). The van der Waals surface area contributed by atoms with Gasteiger partial charge in [0.1, 0.15) is 24.9 Å². The Kier molecular flexibility index (Phi) is 16.4. The fourth-order valence-electron chi connectivity index (χ4n) is 8.61. The fraction of sp³-hybridized carbons (Fsp3) is 0.417. The van der Waals surface area contributed by atoms with Gasteiger partial charge in [-0.15, -0.1) is 11.8 Å². The minimum absolute atomic E-state index is 0.0426. The van der Waals surface area contributed by atoms with E-state index in [0.717, 1.165) is 29.4 Å². The molecule has 17 nitrogen and oxygen atoms in total. The van der Waals surface area contributed by atoms with Gasteiger partial charge in [0, 0.05) is 53.7 Å². The van der Waals surface area contributed by atoms with Crippen LogP contribution in [0.3, 0.4) is 0 Å². The lowest BCUT2D eigenvalue weighted by molar-refractivity contribution is -0.132. The van der Waals surface area contributed by atoms with Gasteiger partial charge in [0.15, 0.2) is 23.1 Å². The number of nitrogens with one attached hydrogen (secondary N) is 4. The molecule has 4 atom stereocenters. The summed E-state index contributed by atoms with van der Waals surface area (Å²) in [4.78, 5) is 81.9. The summed E-state index contributed by atoms with van der Waals surface area (Å²) < 4.78 is 44.1. The summed E-state index contributed by atoms with van der Waals surface area (Å²) in [7, 11) is 0. The van der Waals surface area contributed by atoms with Crippen LogP contribution in [0.1, 0.15) is 91.2 Å². The van der Waals surface area contributed by atoms with E-state index in [1.807, 2.05) is 29.3 Å². The third kappa shape index (κ3) is 11.3. The maximum Gasteiger partial charge on any atom is 0.312 e. The number of ether oxygens (including phenoxy) is 2. The fourth-order valence-corrected chi connectivity index (χ4v) is 9.73. The quantitative estimate of drug-likeness (QED) is 0.0723. The summed E-state index contributed by atoms with van der Waals surface area (Å²) in [6.07, 6.45) is 3.65. The third-order valence-electron chi connectivity index (χ3n) is 12.1. The third-order valence-corrected chi connectivity index (χ3v) is 13.2. The Morgan fingerprint density at radius 3 is 2.46 bits per heavy atom. The second-order valence-electron chi connectivity index (χ2n) is 17.2. The molecule has 8 N–H and O–H groups in total. The number of morpholine rings is 1. The molecule has 0 saturated carbocycles. The number of halogens is 2. The molecule has 1 aromatic heterocycles. The molecule has 4 aromatic rings. The molecule has 0 aliphatic carbocycles. The number of urea groups is 1. The van der Waals surface area contributed by atoms with Crippen molar-refractivity contribution in [1.29, 1.82) is 0 Å². The van der Waals surface area contributed by atoms with E-state index in [9.17, 15) is 33.2 Å². The molecular weight excluding hydrogens is 901 g/mol. The lowest BCUT2D eigenvalue weighted by Crippen LogP contribution is -2.66. The highest BCUT2D eigenvalue weighted by Gasteiger charge is 2.46. The number of fused-ring (bicyclic) bond motifs is 4. The normalized spacial score (nSPS) is 17.1. The van der Waals surface area contributed by atoms with Crippen LogP contribution in [0, 0.1) is 17.6 Å². The molecule has 1 saturated heterocycles. The van der Waals surface area contributed by atoms with Gasteiger partial charge < -0.3 is 47.1 Å². The number of benzene rings is 3. The SMILES string of the molecule is CC(C)[C@H](NC(=O)CCCCCN)C(=O)N[C@@H](CCCNC(N)=O)C(=O)Nc1ccc(COc2c3n(ccc2=O)N([C@@H]2c4ccccc4SCc4c2ccc(F)c4F)[C@@H]2COCCN2C3=O)cc1. The Morgan fingerprint density at radius 2 is 1.71 bits per heavy atom. The number of pyridine rings is 1. The molecule has 0 unspecified atom stereocenters. The van der Waals surface area contributed by atoms with E-state index in [1.165, 1.54) is 24.0 Å². The summed E-state index contributed by atoms with van der Waals surface area (Å²) >= 11 is 1.38. The van der Waals surface area contributed by atoms with Crippen molar-refractivity contribution in [1.82, 2.24) is 25.5 Å². The van der Waals surface area contributed by atoms with Crippen LogP contribution < -0.4 is 47.9 Å². The average Bonchev–Trinajstić information content (AvgIpc) is 3.49. The van der Waals surface area contributed by atoms with Crippen molar-refractivity contribution < 1.29 is 42.2 Å². The number of nitrogens with zero attached hydrogens (tertiary/aromatic N) is 3. The molecule has 3 aromatic carbocycles. The predicted octanol–water partition coefficient (Wildman–Crippen LogP) is 4.38. The van der Waals surface area contributed by atoms with Crippen LogP contribution in [-0.2, 0) is 31.5 Å². The zero-order valence-corrected chi connectivity index (χ0v) is 38.8. The molecule has 68 heavy (non-hydrogen) atoms. The second kappa shape index (κ2) is 22.5. The summed E-state index contributed by atoms with van der Waals surface area (Å²) in [6.45, 7) is 4.65.